The van der Waals surface area contributed by atoms with Gasteiger partial charge >= 0.3 is 0 Å². The van der Waals surface area contributed by atoms with E-state index in [1.165, 1.54) is 0 Å². The van der Waals surface area contributed by atoms with Gasteiger partial charge in [0.15, 0.2) is 9.84 Å². The SMILES string of the molecule is O=C(CCOc1cccc(Br)c1)N[C@@H]1CCS(=O)(=O)C1. The highest BCUT2D eigenvalue weighted by molar-refractivity contribution is 9.10. The van der Waals surface area contributed by atoms with E-state index in [0.717, 1.165) is 4.47 Å². The number of hydrogen-bond acceptors (Lipinski definition) is 4. The summed E-state index contributed by atoms with van der Waals surface area (Å²) in [7, 11) is -2.96. The Balaban J connectivity index is 1.71. The molecule has 1 saturated heterocycles. The number of carbonyl (C=O) groups excluding carboxylic acids is 1. The van der Waals surface area contributed by atoms with Gasteiger partial charge in [0.2, 0.25) is 5.91 Å². The highest BCUT2D eigenvalue weighted by Crippen LogP contribution is 2.17. The van der Waals surface area contributed by atoms with Crippen molar-refractivity contribution in [2.75, 3.05) is 18.1 Å². The maximum absolute atomic E-state index is 11.7. The predicted octanol–water partition coefficient (Wildman–Crippen LogP) is 1.52. The summed E-state index contributed by atoms with van der Waals surface area (Å²) in [5.41, 5.74) is 0. The van der Waals surface area contributed by atoms with Gasteiger partial charge in [-0.2, -0.15) is 0 Å². The Hall–Kier alpha value is -1.08. The predicted molar refractivity (Wildman–Crippen MR) is 79.5 cm³/mol. The molecule has 1 aromatic carbocycles. The molecule has 0 bridgehead atoms. The number of sulfone groups is 1. The lowest BCUT2D eigenvalue weighted by molar-refractivity contribution is -0.122. The smallest absolute Gasteiger partial charge is 0.223 e. The Bertz CT molecular complexity index is 588. The molecule has 1 fully saturated rings. The van der Waals surface area contributed by atoms with Gasteiger partial charge in [0.05, 0.1) is 24.5 Å². The molecule has 2 rings (SSSR count). The summed E-state index contributed by atoms with van der Waals surface area (Å²) in [5.74, 6) is 0.718. The van der Waals surface area contributed by atoms with E-state index < -0.39 is 9.84 Å². The topological polar surface area (TPSA) is 72.5 Å². The summed E-state index contributed by atoms with van der Waals surface area (Å²) in [4.78, 5) is 11.7. The summed E-state index contributed by atoms with van der Waals surface area (Å²) in [5, 5.41) is 2.72. The maximum atomic E-state index is 11.7. The molecule has 1 atom stereocenters. The molecule has 7 heteroatoms. The summed E-state index contributed by atoms with van der Waals surface area (Å²) in [6.45, 7) is 0.266. The van der Waals surface area contributed by atoms with Gasteiger partial charge in [-0.25, -0.2) is 8.42 Å². The number of rotatable bonds is 5. The van der Waals surface area contributed by atoms with Crippen molar-refractivity contribution in [2.24, 2.45) is 0 Å². The fourth-order valence-electron chi connectivity index (χ4n) is 2.03. The minimum Gasteiger partial charge on any atom is -0.493 e. The van der Waals surface area contributed by atoms with Crippen molar-refractivity contribution in [3.8, 4) is 5.75 Å². The number of carbonyl (C=O) groups is 1. The zero-order valence-electron chi connectivity index (χ0n) is 10.8. The van der Waals surface area contributed by atoms with Crippen LogP contribution in [0.1, 0.15) is 12.8 Å². The minimum atomic E-state index is -2.96. The first-order valence-electron chi connectivity index (χ1n) is 6.33. The van der Waals surface area contributed by atoms with Crippen LogP contribution in [0.3, 0.4) is 0 Å². The number of hydrogen-bond donors (Lipinski definition) is 1. The van der Waals surface area contributed by atoms with Gasteiger partial charge in [0, 0.05) is 10.5 Å². The van der Waals surface area contributed by atoms with E-state index in [2.05, 4.69) is 21.2 Å². The second-order valence-corrected chi connectivity index (χ2v) is 7.87. The third-order valence-corrected chi connectivity index (χ3v) is 5.25. The van der Waals surface area contributed by atoms with Crippen LogP contribution in [0.25, 0.3) is 0 Å². The number of nitrogens with one attached hydrogen (secondary N) is 1. The fourth-order valence-corrected chi connectivity index (χ4v) is 4.08. The van der Waals surface area contributed by atoms with Crippen molar-refractivity contribution in [2.45, 2.75) is 18.9 Å². The van der Waals surface area contributed by atoms with Crippen LogP contribution in [0.2, 0.25) is 0 Å². The molecule has 1 heterocycles. The second kappa shape index (κ2) is 6.58. The lowest BCUT2D eigenvalue weighted by Gasteiger charge is -2.11. The second-order valence-electron chi connectivity index (χ2n) is 4.72. The average molecular weight is 362 g/mol. The zero-order valence-corrected chi connectivity index (χ0v) is 13.2. The molecule has 0 spiro atoms. The van der Waals surface area contributed by atoms with Crippen LogP contribution in [-0.4, -0.2) is 38.5 Å². The van der Waals surface area contributed by atoms with E-state index in [9.17, 15) is 13.2 Å². The van der Waals surface area contributed by atoms with Crippen LogP contribution in [-0.2, 0) is 14.6 Å². The summed E-state index contributed by atoms with van der Waals surface area (Å²) in [6, 6.07) is 7.12. The standard InChI is InChI=1S/C13H16BrNO4S/c14-10-2-1-3-12(8-10)19-6-4-13(16)15-11-5-7-20(17,18)9-11/h1-3,8,11H,4-7,9H2,(H,15,16)/t11-/m1/s1. The van der Waals surface area contributed by atoms with Crippen molar-refractivity contribution in [1.82, 2.24) is 5.32 Å². The van der Waals surface area contributed by atoms with E-state index in [-0.39, 0.29) is 36.5 Å². The first-order chi connectivity index (χ1) is 9.44. The van der Waals surface area contributed by atoms with E-state index in [0.29, 0.717) is 12.2 Å². The van der Waals surface area contributed by atoms with Crippen molar-refractivity contribution in [1.29, 1.82) is 0 Å². The molecule has 1 N–H and O–H groups in total. The molecule has 1 aliphatic rings. The fraction of sp³-hybridized carbons (Fsp3) is 0.462. The molecule has 5 nitrogen and oxygen atoms in total. The highest BCUT2D eigenvalue weighted by Gasteiger charge is 2.28. The summed E-state index contributed by atoms with van der Waals surface area (Å²) >= 11 is 3.34. The third kappa shape index (κ3) is 4.79. The lowest BCUT2D eigenvalue weighted by Crippen LogP contribution is -2.36. The summed E-state index contributed by atoms with van der Waals surface area (Å²) in [6.07, 6.45) is 0.712. The van der Waals surface area contributed by atoms with Gasteiger partial charge in [-0.3, -0.25) is 4.79 Å². The Morgan fingerprint density at radius 3 is 2.90 bits per heavy atom. The molecule has 1 aliphatic heterocycles. The Morgan fingerprint density at radius 2 is 2.25 bits per heavy atom. The van der Waals surface area contributed by atoms with Crippen LogP contribution in [0.15, 0.2) is 28.7 Å². The van der Waals surface area contributed by atoms with Gasteiger partial charge in [-0.15, -0.1) is 0 Å². The highest BCUT2D eigenvalue weighted by atomic mass is 79.9. The first kappa shape index (κ1) is 15.3. The lowest BCUT2D eigenvalue weighted by atomic mass is 10.2. The first-order valence-corrected chi connectivity index (χ1v) is 8.94. The molecule has 1 aromatic rings. The molecule has 0 saturated carbocycles. The van der Waals surface area contributed by atoms with Crippen LogP contribution in [0, 0.1) is 0 Å². The van der Waals surface area contributed by atoms with Crippen LogP contribution >= 0.6 is 15.9 Å². The molecule has 20 heavy (non-hydrogen) atoms. The Labute approximate surface area is 126 Å². The maximum Gasteiger partial charge on any atom is 0.223 e. The van der Waals surface area contributed by atoms with Crippen molar-refractivity contribution >= 4 is 31.7 Å². The van der Waals surface area contributed by atoms with E-state index in [4.69, 9.17) is 4.74 Å². The van der Waals surface area contributed by atoms with Crippen LogP contribution in [0.4, 0.5) is 0 Å². The van der Waals surface area contributed by atoms with Gasteiger partial charge in [-0.1, -0.05) is 22.0 Å². The van der Waals surface area contributed by atoms with Gasteiger partial charge in [0.1, 0.15) is 5.75 Å². The monoisotopic (exact) mass is 361 g/mol. The van der Waals surface area contributed by atoms with Crippen LogP contribution < -0.4 is 10.1 Å². The third-order valence-electron chi connectivity index (χ3n) is 2.99. The van der Waals surface area contributed by atoms with E-state index in [1.807, 2.05) is 24.3 Å². The molecule has 0 aliphatic carbocycles. The summed E-state index contributed by atoms with van der Waals surface area (Å²) < 4.78 is 28.9. The molecular formula is C13H16BrNO4S. The Morgan fingerprint density at radius 1 is 1.45 bits per heavy atom. The van der Waals surface area contributed by atoms with Crippen molar-refractivity contribution in [3.63, 3.8) is 0 Å². The van der Waals surface area contributed by atoms with Crippen molar-refractivity contribution in [3.05, 3.63) is 28.7 Å². The number of halogens is 1. The van der Waals surface area contributed by atoms with Crippen LogP contribution in [0.5, 0.6) is 5.75 Å². The molecular weight excluding hydrogens is 346 g/mol. The Kier molecular flexibility index (Phi) is 5.04. The average Bonchev–Trinajstić information content (AvgIpc) is 2.68. The normalized spacial score (nSPS) is 20.6. The molecule has 0 radical (unpaired) electrons. The number of amides is 1. The molecule has 0 unspecified atom stereocenters. The van der Waals surface area contributed by atoms with Gasteiger partial charge < -0.3 is 10.1 Å². The van der Waals surface area contributed by atoms with Gasteiger partial charge in [0.25, 0.3) is 0 Å². The number of benzene rings is 1. The van der Waals surface area contributed by atoms with E-state index in [1.54, 1.807) is 0 Å². The quantitative estimate of drug-likeness (QED) is 0.862. The van der Waals surface area contributed by atoms with E-state index >= 15 is 0 Å². The molecule has 0 aromatic heterocycles. The van der Waals surface area contributed by atoms with Gasteiger partial charge in [-0.05, 0) is 24.6 Å². The number of ether oxygens (including phenoxy) is 1. The molecule has 110 valence electrons. The largest absolute Gasteiger partial charge is 0.493 e. The van der Waals surface area contributed by atoms with Crippen molar-refractivity contribution < 1.29 is 17.9 Å². The molecule has 1 amide bonds. The zero-order chi connectivity index (χ0) is 14.6. The minimum absolute atomic E-state index is 0.0469.